The zero-order valence-corrected chi connectivity index (χ0v) is 10.4. The van der Waals surface area contributed by atoms with Crippen molar-refractivity contribution in [1.29, 1.82) is 0 Å². The summed E-state index contributed by atoms with van der Waals surface area (Å²) in [4.78, 5) is 5.27. The van der Waals surface area contributed by atoms with Gasteiger partial charge in [0.25, 0.3) is 0 Å². The van der Waals surface area contributed by atoms with E-state index in [1.807, 2.05) is 0 Å². The Balaban J connectivity index is 2.19. The number of fused-ring (bicyclic) bond motifs is 2. The fourth-order valence-corrected chi connectivity index (χ4v) is 3.35. The third kappa shape index (κ3) is 1.24. The van der Waals surface area contributed by atoms with Gasteiger partial charge in [-0.25, -0.2) is 0 Å². The zero-order chi connectivity index (χ0) is 10.7. The number of rotatable bonds is 0. The van der Waals surface area contributed by atoms with Gasteiger partial charge in [0.15, 0.2) is 0 Å². The number of hydrogen-bond acceptors (Lipinski definition) is 2. The van der Waals surface area contributed by atoms with E-state index < -0.39 is 0 Å². The quantitative estimate of drug-likeness (QED) is 0.584. The van der Waals surface area contributed by atoms with Crippen molar-refractivity contribution in [1.82, 2.24) is 9.80 Å². The Morgan fingerprint density at radius 3 is 1.79 bits per heavy atom. The molecule has 4 atom stereocenters. The zero-order valence-electron chi connectivity index (χ0n) is 10.4. The summed E-state index contributed by atoms with van der Waals surface area (Å²) in [5.41, 5.74) is 0.345. The molecule has 14 heavy (non-hydrogen) atoms. The third-order valence-corrected chi connectivity index (χ3v) is 4.37. The molecular weight excluding hydrogens is 172 g/mol. The molecule has 0 spiro atoms. The Bertz CT molecular complexity index is 215. The van der Waals surface area contributed by atoms with Gasteiger partial charge in [-0.1, -0.05) is 0 Å². The molecule has 3 fully saturated rings. The summed E-state index contributed by atoms with van der Waals surface area (Å²) in [6, 6.07) is 3.02. The van der Waals surface area contributed by atoms with Crippen LogP contribution in [0.4, 0.5) is 0 Å². The normalized spacial score (nSPS) is 45.0. The molecule has 0 radical (unpaired) electrons. The van der Waals surface area contributed by atoms with Gasteiger partial charge in [0.05, 0.1) is 0 Å². The van der Waals surface area contributed by atoms with Crippen molar-refractivity contribution in [2.45, 2.75) is 70.7 Å². The van der Waals surface area contributed by atoms with Gasteiger partial charge in [0.2, 0.25) is 0 Å². The van der Waals surface area contributed by atoms with E-state index in [9.17, 15) is 0 Å². The Hall–Kier alpha value is -0.0800. The maximum absolute atomic E-state index is 2.72. The lowest BCUT2D eigenvalue weighted by atomic mass is 9.74. The van der Waals surface area contributed by atoms with E-state index in [0.717, 1.165) is 12.1 Å². The van der Waals surface area contributed by atoms with Crippen LogP contribution in [0.2, 0.25) is 0 Å². The summed E-state index contributed by atoms with van der Waals surface area (Å²) in [7, 11) is 2.27. The van der Waals surface area contributed by atoms with Gasteiger partial charge in [0.1, 0.15) is 0 Å². The molecule has 3 heterocycles. The molecule has 2 unspecified atom stereocenters. The minimum atomic E-state index is 0.345. The number of piperidine rings is 1. The van der Waals surface area contributed by atoms with Crippen molar-refractivity contribution in [3.05, 3.63) is 0 Å². The average molecular weight is 196 g/mol. The molecule has 2 bridgehead atoms. The summed E-state index contributed by atoms with van der Waals surface area (Å²) < 4.78 is 0. The molecule has 2 nitrogen and oxygen atoms in total. The van der Waals surface area contributed by atoms with Crippen LogP contribution in [0.1, 0.15) is 41.0 Å². The lowest BCUT2D eigenvalue weighted by molar-refractivity contribution is -0.164. The molecule has 3 aliphatic rings. The maximum Gasteiger partial charge on any atom is 0.0273 e. The second-order valence-electron chi connectivity index (χ2n) is 6.10. The van der Waals surface area contributed by atoms with Crippen molar-refractivity contribution in [3.8, 4) is 0 Å². The Kier molecular flexibility index (Phi) is 2.20. The minimum Gasteiger partial charge on any atom is -0.298 e. The van der Waals surface area contributed by atoms with Crippen LogP contribution in [0.25, 0.3) is 0 Å². The van der Waals surface area contributed by atoms with Gasteiger partial charge < -0.3 is 0 Å². The van der Waals surface area contributed by atoms with Crippen LogP contribution in [-0.4, -0.2) is 46.6 Å². The van der Waals surface area contributed by atoms with E-state index in [2.05, 4.69) is 51.5 Å². The first-order valence-electron chi connectivity index (χ1n) is 5.84. The highest BCUT2D eigenvalue weighted by atomic mass is 15.4. The Labute approximate surface area is 88.3 Å². The second-order valence-corrected chi connectivity index (χ2v) is 6.10. The predicted molar refractivity (Wildman–Crippen MR) is 60.5 cm³/mol. The van der Waals surface area contributed by atoms with Crippen LogP contribution < -0.4 is 0 Å². The molecule has 0 aliphatic carbocycles. The first kappa shape index (κ1) is 10.4. The Morgan fingerprint density at radius 1 is 1.00 bits per heavy atom. The molecular formula is C12H24N2. The van der Waals surface area contributed by atoms with Gasteiger partial charge in [0, 0.05) is 29.7 Å². The summed E-state index contributed by atoms with van der Waals surface area (Å²) in [5.74, 6) is 0. The highest BCUT2D eigenvalue weighted by Crippen LogP contribution is 2.43. The first-order chi connectivity index (χ1) is 6.34. The second kappa shape index (κ2) is 2.96. The van der Waals surface area contributed by atoms with E-state index >= 15 is 0 Å². The minimum absolute atomic E-state index is 0.345. The number of piperazine rings is 1. The largest absolute Gasteiger partial charge is 0.298 e. The highest BCUT2D eigenvalue weighted by Gasteiger charge is 2.54. The van der Waals surface area contributed by atoms with Crippen molar-refractivity contribution < 1.29 is 0 Å². The van der Waals surface area contributed by atoms with Crippen molar-refractivity contribution >= 4 is 0 Å². The predicted octanol–water partition coefficient (Wildman–Crippen LogP) is 1.95. The summed E-state index contributed by atoms with van der Waals surface area (Å²) >= 11 is 0. The SMILES string of the molecule is C[C@H]1C2CC([C@H](C)N1C)N2C(C)(C)C. The Morgan fingerprint density at radius 2 is 1.43 bits per heavy atom. The van der Waals surface area contributed by atoms with Crippen LogP contribution >= 0.6 is 0 Å². The van der Waals surface area contributed by atoms with Crippen molar-refractivity contribution in [2.24, 2.45) is 0 Å². The monoisotopic (exact) mass is 196 g/mol. The highest BCUT2D eigenvalue weighted by molar-refractivity contribution is 5.11. The van der Waals surface area contributed by atoms with E-state index in [1.54, 1.807) is 0 Å². The summed E-state index contributed by atoms with van der Waals surface area (Å²) in [5, 5.41) is 0. The van der Waals surface area contributed by atoms with Crippen LogP contribution in [0, 0.1) is 0 Å². The van der Waals surface area contributed by atoms with Gasteiger partial charge in [-0.05, 0) is 48.1 Å². The fraction of sp³-hybridized carbons (Fsp3) is 1.00. The van der Waals surface area contributed by atoms with E-state index in [0.29, 0.717) is 17.6 Å². The molecule has 2 heteroatoms. The number of nitrogens with zero attached hydrogens (tertiary/aromatic N) is 2. The molecule has 82 valence electrons. The number of likely N-dealkylation sites (N-methyl/N-ethyl adjacent to an activating group) is 1. The molecule has 0 aromatic rings. The summed E-state index contributed by atoms with van der Waals surface area (Å²) in [6.07, 6.45) is 1.41. The summed E-state index contributed by atoms with van der Waals surface area (Å²) in [6.45, 7) is 11.8. The molecule has 3 aliphatic heterocycles. The fourth-order valence-electron chi connectivity index (χ4n) is 3.35. The molecule has 0 saturated carbocycles. The van der Waals surface area contributed by atoms with Crippen molar-refractivity contribution in [3.63, 3.8) is 0 Å². The van der Waals surface area contributed by atoms with Gasteiger partial charge in [-0.2, -0.15) is 0 Å². The van der Waals surface area contributed by atoms with Gasteiger partial charge in [-0.3, -0.25) is 9.80 Å². The van der Waals surface area contributed by atoms with E-state index in [4.69, 9.17) is 0 Å². The smallest absolute Gasteiger partial charge is 0.0273 e. The topological polar surface area (TPSA) is 6.48 Å². The molecule has 0 N–H and O–H groups in total. The lowest BCUT2D eigenvalue weighted by Crippen LogP contribution is -2.78. The molecule has 0 aromatic carbocycles. The average Bonchev–Trinajstić information content (AvgIpc) is 1.94. The molecule has 3 saturated heterocycles. The molecule has 0 amide bonds. The van der Waals surface area contributed by atoms with E-state index in [1.165, 1.54) is 6.42 Å². The standard InChI is InChI=1S/C12H24N2/c1-8-10-7-11(9(2)13(8)6)14(10)12(3,4)5/h8-11H,7H2,1-6H3/t8-,9-,10?,11?/m0/s1. The van der Waals surface area contributed by atoms with Gasteiger partial charge in [-0.15, -0.1) is 0 Å². The maximum atomic E-state index is 2.72. The number of hydrogen-bond donors (Lipinski definition) is 0. The van der Waals surface area contributed by atoms with E-state index in [-0.39, 0.29) is 0 Å². The van der Waals surface area contributed by atoms with Crippen molar-refractivity contribution in [2.75, 3.05) is 7.05 Å². The molecule has 0 aromatic heterocycles. The van der Waals surface area contributed by atoms with Crippen LogP contribution in [-0.2, 0) is 0 Å². The third-order valence-electron chi connectivity index (χ3n) is 4.37. The first-order valence-corrected chi connectivity index (χ1v) is 5.84. The van der Waals surface area contributed by atoms with Crippen LogP contribution in [0.3, 0.4) is 0 Å². The van der Waals surface area contributed by atoms with Crippen LogP contribution in [0.5, 0.6) is 0 Å². The van der Waals surface area contributed by atoms with Gasteiger partial charge >= 0.3 is 0 Å². The lowest BCUT2D eigenvalue weighted by Gasteiger charge is -2.66. The molecule has 3 rings (SSSR count). The van der Waals surface area contributed by atoms with Crippen LogP contribution in [0.15, 0.2) is 0 Å².